The molecule has 4 nitrogen and oxygen atoms in total. The van der Waals surface area contributed by atoms with E-state index in [9.17, 15) is 9.90 Å². The Kier molecular flexibility index (Phi) is 2.54. The standard InChI is InChI=1S/C9H13NO3/c1-6(8(11)12)7-4-2-3-5-9(7,10)13/h2-7,13H,10H2,1H3,(H,11,12). The lowest BCUT2D eigenvalue weighted by Crippen LogP contribution is -2.49. The third-order valence-corrected chi connectivity index (χ3v) is 2.25. The normalized spacial score (nSPS) is 34.5. The van der Waals surface area contributed by atoms with Crippen molar-refractivity contribution in [2.24, 2.45) is 17.6 Å². The van der Waals surface area contributed by atoms with E-state index in [0.717, 1.165) is 0 Å². The van der Waals surface area contributed by atoms with Gasteiger partial charge in [0.25, 0.3) is 0 Å². The molecule has 0 aliphatic heterocycles. The average Bonchev–Trinajstić information content (AvgIpc) is 2.02. The van der Waals surface area contributed by atoms with Crippen LogP contribution < -0.4 is 5.73 Å². The molecule has 0 radical (unpaired) electrons. The van der Waals surface area contributed by atoms with Crippen LogP contribution in [0.1, 0.15) is 6.92 Å². The quantitative estimate of drug-likeness (QED) is 0.530. The second-order valence-electron chi connectivity index (χ2n) is 3.28. The van der Waals surface area contributed by atoms with Gasteiger partial charge in [-0.1, -0.05) is 25.2 Å². The van der Waals surface area contributed by atoms with Crippen LogP contribution >= 0.6 is 0 Å². The Bertz CT molecular complexity index is 268. The van der Waals surface area contributed by atoms with Crippen molar-refractivity contribution in [1.29, 1.82) is 0 Å². The van der Waals surface area contributed by atoms with E-state index in [-0.39, 0.29) is 0 Å². The van der Waals surface area contributed by atoms with Gasteiger partial charge >= 0.3 is 5.97 Å². The Balaban J connectivity index is 2.86. The predicted molar refractivity (Wildman–Crippen MR) is 47.7 cm³/mol. The van der Waals surface area contributed by atoms with Gasteiger partial charge in [0.15, 0.2) is 0 Å². The van der Waals surface area contributed by atoms with Crippen LogP contribution in [0.5, 0.6) is 0 Å². The average molecular weight is 183 g/mol. The van der Waals surface area contributed by atoms with Crippen molar-refractivity contribution in [3.8, 4) is 0 Å². The fourth-order valence-corrected chi connectivity index (χ4v) is 1.38. The molecule has 3 unspecified atom stereocenters. The highest BCUT2D eigenvalue weighted by atomic mass is 16.4. The topological polar surface area (TPSA) is 83.5 Å². The zero-order valence-corrected chi connectivity index (χ0v) is 7.34. The Labute approximate surface area is 76.4 Å². The van der Waals surface area contributed by atoms with Crippen molar-refractivity contribution < 1.29 is 15.0 Å². The van der Waals surface area contributed by atoms with Crippen molar-refractivity contribution in [3.05, 3.63) is 24.3 Å². The first-order valence-electron chi connectivity index (χ1n) is 4.05. The molecule has 0 bridgehead atoms. The van der Waals surface area contributed by atoms with Crippen LogP contribution in [0.25, 0.3) is 0 Å². The molecule has 72 valence electrons. The van der Waals surface area contributed by atoms with E-state index in [1.165, 1.54) is 13.0 Å². The van der Waals surface area contributed by atoms with Crippen molar-refractivity contribution in [2.75, 3.05) is 0 Å². The van der Waals surface area contributed by atoms with Crippen LogP contribution in [0.4, 0.5) is 0 Å². The largest absolute Gasteiger partial charge is 0.481 e. The fraction of sp³-hybridized carbons (Fsp3) is 0.444. The van der Waals surface area contributed by atoms with Crippen LogP contribution in [0.2, 0.25) is 0 Å². The SMILES string of the molecule is CC(C(=O)O)C1C=CC=CC1(N)O. The van der Waals surface area contributed by atoms with Crippen molar-refractivity contribution >= 4 is 5.97 Å². The molecule has 1 aliphatic rings. The number of aliphatic hydroxyl groups is 1. The van der Waals surface area contributed by atoms with Gasteiger partial charge in [-0.3, -0.25) is 10.5 Å². The van der Waals surface area contributed by atoms with Gasteiger partial charge in [-0.05, 0) is 6.08 Å². The van der Waals surface area contributed by atoms with E-state index in [0.29, 0.717) is 0 Å². The number of allylic oxidation sites excluding steroid dienone is 2. The molecule has 0 spiro atoms. The fourth-order valence-electron chi connectivity index (χ4n) is 1.38. The van der Waals surface area contributed by atoms with Crippen LogP contribution in [0.15, 0.2) is 24.3 Å². The van der Waals surface area contributed by atoms with Gasteiger partial charge in [-0.2, -0.15) is 0 Å². The summed E-state index contributed by atoms with van der Waals surface area (Å²) in [4.78, 5) is 10.7. The van der Waals surface area contributed by atoms with Gasteiger partial charge in [0.05, 0.1) is 5.92 Å². The highest BCUT2D eigenvalue weighted by molar-refractivity contribution is 5.70. The molecular formula is C9H13NO3. The number of carboxylic acids is 1. The smallest absolute Gasteiger partial charge is 0.306 e. The monoisotopic (exact) mass is 183 g/mol. The third-order valence-electron chi connectivity index (χ3n) is 2.25. The second kappa shape index (κ2) is 3.32. The third kappa shape index (κ3) is 1.96. The number of carboxylic acid groups (broad SMARTS) is 1. The maximum absolute atomic E-state index is 10.7. The lowest BCUT2D eigenvalue weighted by atomic mass is 9.82. The molecule has 0 aromatic heterocycles. The van der Waals surface area contributed by atoms with Gasteiger partial charge in [0.1, 0.15) is 5.72 Å². The molecule has 4 N–H and O–H groups in total. The van der Waals surface area contributed by atoms with E-state index in [2.05, 4.69) is 0 Å². The molecule has 3 atom stereocenters. The molecule has 1 rings (SSSR count). The molecule has 13 heavy (non-hydrogen) atoms. The molecule has 0 fully saturated rings. The Hall–Kier alpha value is -1.13. The minimum Gasteiger partial charge on any atom is -0.481 e. The lowest BCUT2D eigenvalue weighted by molar-refractivity contribution is -0.145. The van der Waals surface area contributed by atoms with Crippen molar-refractivity contribution in [2.45, 2.75) is 12.6 Å². The van der Waals surface area contributed by atoms with Gasteiger partial charge < -0.3 is 10.2 Å². The predicted octanol–water partition coefficient (Wildman–Crippen LogP) is 0.0966. The summed E-state index contributed by atoms with van der Waals surface area (Å²) in [5, 5.41) is 18.4. The summed E-state index contributed by atoms with van der Waals surface area (Å²) in [5.41, 5.74) is 3.97. The first kappa shape index (κ1) is 9.95. The molecule has 0 aromatic carbocycles. The number of aliphatic carboxylic acids is 1. The van der Waals surface area contributed by atoms with E-state index in [4.69, 9.17) is 10.8 Å². The van der Waals surface area contributed by atoms with E-state index >= 15 is 0 Å². The van der Waals surface area contributed by atoms with Gasteiger partial charge in [-0.25, -0.2) is 0 Å². The van der Waals surface area contributed by atoms with E-state index in [1.807, 2.05) is 0 Å². The molecule has 0 saturated heterocycles. The Morgan fingerprint density at radius 2 is 2.23 bits per heavy atom. The van der Waals surface area contributed by atoms with Gasteiger partial charge in [0, 0.05) is 5.92 Å². The molecule has 0 heterocycles. The van der Waals surface area contributed by atoms with Gasteiger partial charge in [-0.15, -0.1) is 0 Å². The Morgan fingerprint density at radius 3 is 2.69 bits per heavy atom. The Morgan fingerprint density at radius 1 is 1.62 bits per heavy atom. The summed E-state index contributed by atoms with van der Waals surface area (Å²) in [6.07, 6.45) is 6.30. The number of carbonyl (C=O) groups is 1. The highest BCUT2D eigenvalue weighted by Crippen LogP contribution is 2.26. The molecule has 0 saturated carbocycles. The minimum atomic E-state index is -1.55. The first-order valence-corrected chi connectivity index (χ1v) is 4.05. The number of rotatable bonds is 2. The van der Waals surface area contributed by atoms with E-state index in [1.54, 1.807) is 18.2 Å². The maximum atomic E-state index is 10.7. The number of nitrogens with two attached hydrogens (primary N) is 1. The van der Waals surface area contributed by atoms with Crippen LogP contribution in [0.3, 0.4) is 0 Å². The van der Waals surface area contributed by atoms with Crippen molar-refractivity contribution in [3.63, 3.8) is 0 Å². The maximum Gasteiger partial charge on any atom is 0.306 e. The molecular weight excluding hydrogens is 170 g/mol. The van der Waals surface area contributed by atoms with Crippen LogP contribution in [0, 0.1) is 11.8 Å². The van der Waals surface area contributed by atoms with E-state index < -0.39 is 23.5 Å². The zero-order valence-electron chi connectivity index (χ0n) is 7.34. The summed E-state index contributed by atoms with van der Waals surface area (Å²) in [6.45, 7) is 1.52. The van der Waals surface area contributed by atoms with Crippen molar-refractivity contribution in [1.82, 2.24) is 0 Å². The number of hydrogen-bond donors (Lipinski definition) is 3. The van der Waals surface area contributed by atoms with Gasteiger partial charge in [0.2, 0.25) is 0 Å². The minimum absolute atomic E-state index is 0.574. The summed E-state index contributed by atoms with van der Waals surface area (Å²) in [5.74, 6) is -2.24. The molecule has 0 aromatic rings. The summed E-state index contributed by atoms with van der Waals surface area (Å²) < 4.78 is 0. The second-order valence-corrected chi connectivity index (χ2v) is 3.28. The zero-order chi connectivity index (χ0) is 10.1. The molecule has 1 aliphatic carbocycles. The first-order chi connectivity index (χ1) is 5.95. The number of hydrogen-bond acceptors (Lipinski definition) is 3. The molecule has 0 amide bonds. The lowest BCUT2D eigenvalue weighted by Gasteiger charge is -2.32. The van der Waals surface area contributed by atoms with Crippen LogP contribution in [-0.2, 0) is 4.79 Å². The van der Waals surface area contributed by atoms with Crippen LogP contribution in [-0.4, -0.2) is 21.9 Å². The molecule has 4 heteroatoms. The highest BCUT2D eigenvalue weighted by Gasteiger charge is 2.36. The summed E-state index contributed by atoms with van der Waals surface area (Å²) >= 11 is 0. The summed E-state index contributed by atoms with van der Waals surface area (Å²) in [6, 6.07) is 0. The summed E-state index contributed by atoms with van der Waals surface area (Å²) in [7, 11) is 0.